The minimum absolute atomic E-state index is 0.0937. The van der Waals surface area contributed by atoms with E-state index in [9.17, 15) is 14.4 Å². The minimum Gasteiger partial charge on any atom is -0.456 e. The molecule has 0 N–H and O–H groups in total. The lowest BCUT2D eigenvalue weighted by atomic mass is 10.1. The van der Waals surface area contributed by atoms with Gasteiger partial charge in [-0.15, -0.1) is 0 Å². The standard InChI is InChI=1S/C28H21N3O4/c29-14-7-15-30-16-22(19-8-1-4-11-23(19)30)26(32)18-35-27(33)17-31-24-12-5-2-9-20(24)28(34)21-10-3-6-13-25(21)31/h1-6,8-13,16H,7,15,17-18H2. The van der Waals surface area contributed by atoms with Crippen LogP contribution in [0.25, 0.3) is 32.7 Å². The molecule has 7 nitrogen and oxygen atoms in total. The predicted octanol–water partition coefficient (Wildman–Crippen LogP) is 4.45. The van der Waals surface area contributed by atoms with Crippen LogP contribution in [0.2, 0.25) is 0 Å². The third kappa shape index (κ3) is 4.06. The van der Waals surface area contributed by atoms with Crippen LogP contribution in [0.15, 0.2) is 83.8 Å². The molecule has 0 amide bonds. The van der Waals surface area contributed by atoms with E-state index in [-0.39, 0.29) is 17.8 Å². The highest BCUT2D eigenvalue weighted by Gasteiger charge is 2.18. The van der Waals surface area contributed by atoms with Crippen LogP contribution in [0.4, 0.5) is 0 Å². The Morgan fingerprint density at radius 1 is 0.829 bits per heavy atom. The summed E-state index contributed by atoms with van der Waals surface area (Å²) in [6.45, 7) is -0.0732. The van der Waals surface area contributed by atoms with Crippen LogP contribution >= 0.6 is 0 Å². The van der Waals surface area contributed by atoms with Gasteiger partial charge in [-0.05, 0) is 30.3 Å². The zero-order valence-corrected chi connectivity index (χ0v) is 18.8. The van der Waals surface area contributed by atoms with Gasteiger partial charge < -0.3 is 13.9 Å². The number of hydrogen-bond acceptors (Lipinski definition) is 5. The largest absolute Gasteiger partial charge is 0.456 e. The summed E-state index contributed by atoms with van der Waals surface area (Å²) in [5.41, 5.74) is 2.46. The molecule has 2 aromatic heterocycles. The van der Waals surface area contributed by atoms with Gasteiger partial charge in [-0.25, -0.2) is 0 Å². The van der Waals surface area contributed by atoms with Gasteiger partial charge in [0.1, 0.15) is 6.54 Å². The van der Waals surface area contributed by atoms with Crippen molar-refractivity contribution < 1.29 is 14.3 Å². The molecule has 0 fully saturated rings. The molecule has 172 valence electrons. The van der Waals surface area contributed by atoms with Gasteiger partial charge in [-0.1, -0.05) is 42.5 Å². The lowest BCUT2D eigenvalue weighted by Gasteiger charge is -2.14. The number of esters is 1. The highest BCUT2D eigenvalue weighted by molar-refractivity contribution is 6.09. The molecular formula is C28H21N3O4. The topological polar surface area (TPSA) is 94.1 Å². The van der Waals surface area contributed by atoms with Gasteiger partial charge in [0.05, 0.1) is 23.5 Å². The molecule has 2 heterocycles. The Morgan fingerprint density at radius 2 is 1.40 bits per heavy atom. The number of carbonyl (C=O) groups is 2. The van der Waals surface area contributed by atoms with Gasteiger partial charge in [0.25, 0.3) is 0 Å². The maximum absolute atomic E-state index is 13.0. The molecular weight excluding hydrogens is 442 g/mol. The molecule has 0 aliphatic carbocycles. The number of benzene rings is 3. The van der Waals surface area contributed by atoms with E-state index in [4.69, 9.17) is 10.00 Å². The van der Waals surface area contributed by atoms with Crippen molar-refractivity contribution in [2.24, 2.45) is 0 Å². The van der Waals surface area contributed by atoms with E-state index in [1.165, 1.54) is 0 Å². The summed E-state index contributed by atoms with van der Waals surface area (Å²) >= 11 is 0. The number of carbonyl (C=O) groups excluding carboxylic acids is 2. The Balaban J connectivity index is 1.40. The average Bonchev–Trinajstić information content (AvgIpc) is 3.27. The number of ketones is 1. The molecule has 0 aliphatic heterocycles. The van der Waals surface area contributed by atoms with E-state index in [1.807, 2.05) is 41.0 Å². The fraction of sp³-hybridized carbons (Fsp3) is 0.143. The van der Waals surface area contributed by atoms with Gasteiger partial charge in [-0.2, -0.15) is 5.26 Å². The first kappa shape index (κ1) is 22.1. The van der Waals surface area contributed by atoms with Crippen molar-refractivity contribution in [2.75, 3.05) is 6.61 Å². The molecule has 0 unspecified atom stereocenters. The predicted molar refractivity (Wildman–Crippen MR) is 133 cm³/mol. The van der Waals surface area contributed by atoms with E-state index >= 15 is 0 Å². The highest BCUT2D eigenvalue weighted by Crippen LogP contribution is 2.23. The number of fused-ring (bicyclic) bond motifs is 3. The maximum Gasteiger partial charge on any atom is 0.326 e. The lowest BCUT2D eigenvalue weighted by Crippen LogP contribution is -2.20. The van der Waals surface area contributed by atoms with Crippen LogP contribution < -0.4 is 5.43 Å². The molecule has 0 saturated heterocycles. The monoisotopic (exact) mass is 463 g/mol. The van der Waals surface area contributed by atoms with Crippen molar-refractivity contribution in [3.05, 3.63) is 94.8 Å². The maximum atomic E-state index is 13.0. The van der Waals surface area contributed by atoms with Crippen LogP contribution in [0.3, 0.4) is 0 Å². The molecule has 5 aromatic rings. The molecule has 0 radical (unpaired) electrons. The van der Waals surface area contributed by atoms with Gasteiger partial charge in [0.2, 0.25) is 5.78 Å². The fourth-order valence-electron chi connectivity index (χ4n) is 4.47. The van der Waals surface area contributed by atoms with Gasteiger partial charge >= 0.3 is 5.97 Å². The third-order valence-corrected chi connectivity index (χ3v) is 6.08. The Morgan fingerprint density at radius 3 is 2.03 bits per heavy atom. The van der Waals surface area contributed by atoms with Crippen molar-refractivity contribution >= 4 is 44.5 Å². The number of pyridine rings is 1. The third-order valence-electron chi connectivity index (χ3n) is 6.08. The van der Waals surface area contributed by atoms with Gasteiger partial charge in [0, 0.05) is 40.0 Å². The number of ether oxygens (including phenoxy) is 1. The van der Waals surface area contributed by atoms with Crippen LogP contribution in [0, 0.1) is 11.3 Å². The Hall–Kier alpha value is -4.70. The fourth-order valence-corrected chi connectivity index (χ4v) is 4.47. The summed E-state index contributed by atoms with van der Waals surface area (Å²) in [4.78, 5) is 38.7. The van der Waals surface area contributed by atoms with Crippen molar-refractivity contribution in [2.45, 2.75) is 19.5 Å². The zero-order chi connectivity index (χ0) is 24.4. The van der Waals surface area contributed by atoms with E-state index in [0.29, 0.717) is 40.3 Å². The number of Topliss-reactive ketones (excluding diaryl/α,β-unsaturated/α-hetero) is 1. The van der Waals surface area contributed by atoms with E-state index in [1.54, 1.807) is 47.2 Å². The second-order valence-electron chi connectivity index (χ2n) is 8.19. The first-order valence-electron chi connectivity index (χ1n) is 11.2. The molecule has 0 saturated carbocycles. The number of rotatable bonds is 7. The Bertz CT molecular complexity index is 1650. The van der Waals surface area contributed by atoms with Crippen molar-refractivity contribution in [1.82, 2.24) is 9.13 Å². The Kier molecular flexibility index (Phi) is 5.86. The molecule has 0 aliphatic rings. The number of aryl methyl sites for hydroxylation is 1. The summed E-state index contributed by atoms with van der Waals surface area (Å²) in [6, 6.07) is 23.8. The number of hydrogen-bond donors (Lipinski definition) is 0. The molecule has 0 bridgehead atoms. The summed E-state index contributed by atoms with van der Waals surface area (Å²) < 4.78 is 8.99. The summed E-state index contributed by atoms with van der Waals surface area (Å²) in [7, 11) is 0. The number of aromatic nitrogens is 2. The van der Waals surface area contributed by atoms with E-state index in [2.05, 4.69) is 6.07 Å². The van der Waals surface area contributed by atoms with E-state index < -0.39 is 12.6 Å². The summed E-state index contributed by atoms with van der Waals surface area (Å²) in [5.74, 6) is -0.898. The quantitative estimate of drug-likeness (QED) is 0.202. The first-order chi connectivity index (χ1) is 17.1. The molecule has 3 aromatic carbocycles. The van der Waals surface area contributed by atoms with Crippen molar-refractivity contribution in [1.29, 1.82) is 5.26 Å². The summed E-state index contributed by atoms with van der Waals surface area (Å²) in [5, 5.41) is 10.7. The van der Waals surface area contributed by atoms with Gasteiger partial charge in [0.15, 0.2) is 12.0 Å². The molecule has 0 atom stereocenters. The van der Waals surface area contributed by atoms with Crippen LogP contribution in [-0.2, 0) is 22.6 Å². The minimum atomic E-state index is -0.578. The molecule has 0 spiro atoms. The molecule has 35 heavy (non-hydrogen) atoms. The van der Waals surface area contributed by atoms with Crippen molar-refractivity contribution in [3.8, 4) is 6.07 Å². The lowest BCUT2D eigenvalue weighted by molar-refractivity contribution is -0.143. The normalized spacial score (nSPS) is 11.1. The second kappa shape index (κ2) is 9.27. The number of para-hydroxylation sites is 3. The van der Waals surface area contributed by atoms with Crippen LogP contribution in [0.1, 0.15) is 16.8 Å². The second-order valence-corrected chi connectivity index (χ2v) is 8.19. The van der Waals surface area contributed by atoms with Crippen molar-refractivity contribution in [3.63, 3.8) is 0 Å². The molecule has 5 rings (SSSR count). The van der Waals surface area contributed by atoms with Gasteiger partial charge in [-0.3, -0.25) is 14.4 Å². The smallest absolute Gasteiger partial charge is 0.326 e. The highest BCUT2D eigenvalue weighted by atomic mass is 16.5. The average molecular weight is 463 g/mol. The molecule has 7 heteroatoms. The SMILES string of the molecule is N#CCCn1cc(C(=O)COC(=O)Cn2c3ccccc3c(=O)c3ccccc32)c2ccccc21. The number of nitriles is 1. The Labute approximate surface area is 200 Å². The van der Waals surface area contributed by atoms with Crippen LogP contribution in [-0.4, -0.2) is 27.5 Å². The van der Waals surface area contributed by atoms with Crippen LogP contribution in [0.5, 0.6) is 0 Å². The zero-order valence-electron chi connectivity index (χ0n) is 18.8. The number of nitrogens with zero attached hydrogens (tertiary/aromatic N) is 3. The van der Waals surface area contributed by atoms with E-state index in [0.717, 1.165) is 10.9 Å². The summed E-state index contributed by atoms with van der Waals surface area (Å²) in [6.07, 6.45) is 2.03. The first-order valence-corrected chi connectivity index (χ1v) is 11.2.